The van der Waals surface area contributed by atoms with E-state index in [4.69, 9.17) is 32.9 Å². The lowest BCUT2D eigenvalue weighted by Gasteiger charge is -2.39. The first-order chi connectivity index (χ1) is 16.9. The molecule has 182 valence electrons. The summed E-state index contributed by atoms with van der Waals surface area (Å²) in [5.74, 6) is 0.485. The number of piperidine rings is 1. The van der Waals surface area contributed by atoms with Gasteiger partial charge in [-0.25, -0.2) is 4.98 Å². The zero-order valence-electron chi connectivity index (χ0n) is 18.8. The normalized spacial score (nSPS) is 22.9. The Kier molecular flexibility index (Phi) is 7.39. The second kappa shape index (κ2) is 10.5. The van der Waals surface area contributed by atoms with Gasteiger partial charge in [0.2, 0.25) is 11.8 Å². The number of nitrogens with one attached hydrogen (secondary N) is 1. The summed E-state index contributed by atoms with van der Waals surface area (Å²) in [5, 5.41) is 7.03. The van der Waals surface area contributed by atoms with Crippen LogP contribution < -0.4 is 10.1 Å². The average molecular weight is 548 g/mol. The van der Waals surface area contributed by atoms with Gasteiger partial charge in [-0.1, -0.05) is 42.1 Å². The van der Waals surface area contributed by atoms with E-state index in [1.54, 1.807) is 18.2 Å². The number of hydrogen-bond acceptors (Lipinski definition) is 6. The molecule has 1 saturated heterocycles. The third-order valence-electron chi connectivity index (χ3n) is 6.56. The number of Topliss-reactive ketones (excluding diaryl/α,β-unsaturated/α-hetero) is 1. The Hall–Kier alpha value is -2.06. The minimum Gasteiger partial charge on any atom is -0.477 e. The van der Waals surface area contributed by atoms with Crippen molar-refractivity contribution in [2.45, 2.75) is 47.8 Å². The Balaban J connectivity index is 1.43. The lowest BCUT2D eigenvalue weighted by Crippen LogP contribution is -2.58. The van der Waals surface area contributed by atoms with Crippen LogP contribution in [0, 0.1) is 5.92 Å². The maximum Gasteiger partial charge on any atom is 0.242 e. The minimum absolute atomic E-state index is 0.0738. The summed E-state index contributed by atoms with van der Waals surface area (Å²) in [6, 6.07) is 12.5. The van der Waals surface area contributed by atoms with Gasteiger partial charge in [-0.05, 0) is 65.4 Å². The zero-order chi connectivity index (χ0) is 24.4. The SMILES string of the molecule is O=C1CC(c2ccsc2)(c2cccc(OCC3CCCC3)n2)NC(=O)C1Sc1cc(Cl)ccc1Cl. The first-order valence-corrected chi connectivity index (χ1v) is 14.1. The van der Waals surface area contributed by atoms with Crippen LogP contribution in [0.3, 0.4) is 0 Å². The molecule has 5 rings (SSSR count). The second-order valence-corrected chi connectivity index (χ2v) is 11.7. The van der Waals surface area contributed by atoms with Crippen molar-refractivity contribution in [3.05, 3.63) is 74.5 Å². The topological polar surface area (TPSA) is 68.3 Å². The fourth-order valence-corrected chi connectivity index (χ4v) is 6.96. The van der Waals surface area contributed by atoms with Crippen LogP contribution in [0.4, 0.5) is 0 Å². The number of aromatic nitrogens is 1. The monoisotopic (exact) mass is 546 g/mol. The number of carbonyl (C=O) groups is 2. The highest BCUT2D eigenvalue weighted by atomic mass is 35.5. The molecule has 1 aliphatic heterocycles. The first-order valence-electron chi connectivity index (χ1n) is 11.5. The number of pyridine rings is 1. The Labute approximate surface area is 222 Å². The fraction of sp³-hybridized carbons (Fsp3) is 0.346. The molecule has 2 fully saturated rings. The van der Waals surface area contributed by atoms with Gasteiger partial charge in [-0.3, -0.25) is 9.59 Å². The van der Waals surface area contributed by atoms with E-state index in [-0.39, 0.29) is 18.1 Å². The molecule has 0 bridgehead atoms. The predicted octanol–water partition coefficient (Wildman–Crippen LogP) is 6.51. The van der Waals surface area contributed by atoms with Crippen LogP contribution in [-0.2, 0) is 15.1 Å². The number of nitrogens with zero attached hydrogens (tertiary/aromatic N) is 1. The van der Waals surface area contributed by atoms with E-state index >= 15 is 0 Å². The minimum atomic E-state index is -1.06. The van der Waals surface area contributed by atoms with Crippen molar-refractivity contribution in [3.8, 4) is 5.88 Å². The van der Waals surface area contributed by atoms with Crippen molar-refractivity contribution in [1.29, 1.82) is 0 Å². The van der Waals surface area contributed by atoms with Gasteiger partial charge in [-0.15, -0.1) is 11.8 Å². The van der Waals surface area contributed by atoms with E-state index in [1.165, 1.54) is 37.0 Å². The maximum absolute atomic E-state index is 13.5. The Morgan fingerprint density at radius 1 is 1.14 bits per heavy atom. The number of halogens is 2. The van der Waals surface area contributed by atoms with Gasteiger partial charge in [0.05, 0.1) is 17.3 Å². The number of amides is 1. The standard InChI is InChI=1S/C26H24Cl2N2O3S2/c27-18-8-9-19(28)21(12-18)35-24-20(31)13-26(30-25(24)32,17-10-11-34-15-17)22-6-3-7-23(29-22)33-14-16-4-1-2-5-16/h3,6-12,15-16,24H,1-2,4-5,13-14H2,(H,30,32). The van der Waals surface area contributed by atoms with Crippen molar-refractivity contribution in [2.24, 2.45) is 5.92 Å². The van der Waals surface area contributed by atoms with E-state index in [2.05, 4.69) is 5.32 Å². The van der Waals surface area contributed by atoms with E-state index in [9.17, 15) is 9.59 Å². The number of thioether (sulfide) groups is 1. The number of ketones is 1. The van der Waals surface area contributed by atoms with Gasteiger partial charge in [0.25, 0.3) is 0 Å². The molecule has 1 N–H and O–H groups in total. The molecular weight excluding hydrogens is 523 g/mol. The van der Waals surface area contributed by atoms with Crippen molar-refractivity contribution >= 4 is 58.0 Å². The predicted molar refractivity (Wildman–Crippen MR) is 141 cm³/mol. The van der Waals surface area contributed by atoms with Crippen molar-refractivity contribution in [3.63, 3.8) is 0 Å². The maximum atomic E-state index is 13.5. The van der Waals surface area contributed by atoms with Crippen molar-refractivity contribution in [2.75, 3.05) is 6.61 Å². The van der Waals surface area contributed by atoms with Crippen LogP contribution in [0.1, 0.15) is 43.4 Å². The molecule has 2 aliphatic rings. The quantitative estimate of drug-likeness (QED) is 0.342. The van der Waals surface area contributed by atoms with E-state index in [1.807, 2.05) is 35.0 Å². The van der Waals surface area contributed by atoms with E-state index < -0.39 is 10.8 Å². The Morgan fingerprint density at radius 3 is 2.71 bits per heavy atom. The summed E-state index contributed by atoms with van der Waals surface area (Å²) in [5.41, 5.74) is 0.357. The molecule has 3 aromatic rings. The lowest BCUT2D eigenvalue weighted by molar-refractivity contribution is -0.133. The average Bonchev–Trinajstić information content (AvgIpc) is 3.57. The molecule has 1 amide bonds. The number of ether oxygens (including phenoxy) is 1. The molecule has 0 radical (unpaired) electrons. The van der Waals surface area contributed by atoms with Gasteiger partial charge >= 0.3 is 0 Å². The highest BCUT2D eigenvalue weighted by molar-refractivity contribution is 8.01. The van der Waals surface area contributed by atoms with Crippen LogP contribution in [0.2, 0.25) is 10.0 Å². The lowest BCUT2D eigenvalue weighted by atomic mass is 9.79. The number of thiophene rings is 1. The number of hydrogen-bond donors (Lipinski definition) is 1. The Bertz CT molecular complexity index is 1210. The molecule has 1 saturated carbocycles. The van der Waals surface area contributed by atoms with E-state index in [0.717, 1.165) is 17.3 Å². The third kappa shape index (κ3) is 5.24. The molecule has 5 nitrogen and oxygen atoms in total. The summed E-state index contributed by atoms with van der Waals surface area (Å²) in [6.45, 7) is 0.631. The summed E-state index contributed by atoms with van der Waals surface area (Å²) < 4.78 is 6.02. The highest BCUT2D eigenvalue weighted by Crippen LogP contribution is 2.41. The molecule has 1 aromatic carbocycles. The molecule has 2 unspecified atom stereocenters. The fourth-order valence-electron chi connectivity index (χ4n) is 4.73. The van der Waals surface area contributed by atoms with Gasteiger partial charge in [0, 0.05) is 22.4 Å². The van der Waals surface area contributed by atoms with Gasteiger partial charge in [-0.2, -0.15) is 11.3 Å². The summed E-state index contributed by atoms with van der Waals surface area (Å²) >= 11 is 15.0. The molecule has 9 heteroatoms. The molecule has 35 heavy (non-hydrogen) atoms. The largest absolute Gasteiger partial charge is 0.477 e. The van der Waals surface area contributed by atoms with Crippen molar-refractivity contribution < 1.29 is 14.3 Å². The van der Waals surface area contributed by atoms with Gasteiger partial charge in [0.15, 0.2) is 5.78 Å². The van der Waals surface area contributed by atoms with Gasteiger partial charge in [0.1, 0.15) is 10.8 Å². The summed E-state index contributed by atoms with van der Waals surface area (Å²) in [7, 11) is 0. The Morgan fingerprint density at radius 2 is 1.97 bits per heavy atom. The molecule has 3 heterocycles. The number of carbonyl (C=O) groups excluding carboxylic acids is 2. The van der Waals surface area contributed by atoms with Crippen LogP contribution in [0.5, 0.6) is 5.88 Å². The molecule has 1 aliphatic carbocycles. The van der Waals surface area contributed by atoms with Gasteiger partial charge < -0.3 is 10.1 Å². The molecule has 2 atom stereocenters. The van der Waals surface area contributed by atoms with Crippen LogP contribution in [0.15, 0.2) is 58.1 Å². The highest BCUT2D eigenvalue weighted by Gasteiger charge is 2.48. The summed E-state index contributed by atoms with van der Waals surface area (Å²) in [4.78, 5) is 32.2. The first kappa shape index (κ1) is 24.6. The van der Waals surface area contributed by atoms with Crippen LogP contribution in [-0.4, -0.2) is 28.5 Å². The number of rotatable bonds is 7. The zero-order valence-corrected chi connectivity index (χ0v) is 22.0. The third-order valence-corrected chi connectivity index (χ3v) is 9.23. The molecule has 0 spiro atoms. The number of benzene rings is 1. The molecule has 2 aromatic heterocycles. The molecular formula is C26H24Cl2N2O3S2. The van der Waals surface area contributed by atoms with E-state index in [0.29, 0.717) is 39.0 Å². The van der Waals surface area contributed by atoms with Crippen molar-refractivity contribution in [1.82, 2.24) is 10.3 Å². The second-order valence-electron chi connectivity index (χ2n) is 8.94. The van der Waals surface area contributed by atoms with Crippen LogP contribution in [0.25, 0.3) is 0 Å². The smallest absolute Gasteiger partial charge is 0.242 e. The summed E-state index contributed by atoms with van der Waals surface area (Å²) in [6.07, 6.45) is 4.93. The van der Waals surface area contributed by atoms with Crippen LogP contribution >= 0.6 is 46.3 Å².